The molecule has 1 saturated heterocycles. The number of piperidine rings is 1. The number of hydrogen-bond acceptors (Lipinski definition) is 6. The molecule has 3 heterocycles. The van der Waals surface area contributed by atoms with Crippen LogP contribution in [-0.4, -0.2) is 51.0 Å². The summed E-state index contributed by atoms with van der Waals surface area (Å²) >= 11 is 1.70. The Bertz CT molecular complexity index is 1310. The summed E-state index contributed by atoms with van der Waals surface area (Å²) in [6.45, 7) is 5.29. The molecule has 0 aliphatic carbocycles. The summed E-state index contributed by atoms with van der Waals surface area (Å²) in [4.78, 5) is 24.8. The number of fused-ring (bicyclic) bond motifs is 2. The Hall–Kier alpha value is -3.13. The summed E-state index contributed by atoms with van der Waals surface area (Å²) in [5, 5.41) is 11.8. The fraction of sp³-hybridized carbons (Fsp3) is 0.407. The molecule has 8 heteroatoms. The van der Waals surface area contributed by atoms with Crippen molar-refractivity contribution in [2.45, 2.75) is 50.7 Å². The van der Waals surface area contributed by atoms with E-state index in [2.05, 4.69) is 40.4 Å². The van der Waals surface area contributed by atoms with Crippen molar-refractivity contribution in [3.05, 3.63) is 54.2 Å². The molecule has 1 N–H and O–H groups in total. The maximum Gasteiger partial charge on any atom is 0.224 e. The predicted molar refractivity (Wildman–Crippen MR) is 143 cm³/mol. The van der Waals surface area contributed by atoms with Gasteiger partial charge in [0.15, 0.2) is 10.8 Å². The van der Waals surface area contributed by atoms with Crippen LogP contribution in [0.4, 0.5) is 5.82 Å². The number of hydrogen-bond donors (Lipinski definition) is 1. The lowest BCUT2D eigenvalue weighted by molar-refractivity contribution is -0.120. The maximum atomic E-state index is 12.7. The summed E-state index contributed by atoms with van der Waals surface area (Å²) in [7, 11) is 0. The molecule has 4 aromatic rings. The van der Waals surface area contributed by atoms with Crippen molar-refractivity contribution in [3.63, 3.8) is 0 Å². The van der Waals surface area contributed by atoms with Crippen LogP contribution >= 0.6 is 11.8 Å². The number of nitrogens with one attached hydrogen (secondary N) is 1. The molecule has 0 unspecified atom stereocenters. The van der Waals surface area contributed by atoms with E-state index in [4.69, 9.17) is 9.97 Å². The number of carbonyl (C=O) groups excluding carboxylic acids is 1. The van der Waals surface area contributed by atoms with Gasteiger partial charge < -0.3 is 10.2 Å². The summed E-state index contributed by atoms with van der Waals surface area (Å²) in [6, 6.07) is 14.3. The van der Waals surface area contributed by atoms with Crippen LogP contribution in [-0.2, 0) is 17.8 Å². The van der Waals surface area contributed by atoms with Gasteiger partial charge in [-0.3, -0.25) is 4.79 Å². The minimum absolute atomic E-state index is 0.0145. The highest BCUT2D eigenvalue weighted by atomic mass is 32.2. The zero-order chi connectivity index (χ0) is 24.0. The predicted octanol–water partition coefficient (Wildman–Crippen LogP) is 4.83. The van der Waals surface area contributed by atoms with E-state index in [-0.39, 0.29) is 5.91 Å². The quantitative estimate of drug-likeness (QED) is 0.269. The van der Waals surface area contributed by atoms with Gasteiger partial charge in [-0.05, 0) is 42.0 Å². The minimum Gasteiger partial charge on any atom is -0.356 e. The van der Waals surface area contributed by atoms with Crippen LogP contribution in [0.15, 0.2) is 53.8 Å². The highest BCUT2D eigenvalue weighted by Gasteiger charge is 2.20. The number of rotatable bonds is 9. The Morgan fingerprint density at radius 1 is 1.03 bits per heavy atom. The topological polar surface area (TPSA) is 75.9 Å². The molecule has 2 aromatic carbocycles. The van der Waals surface area contributed by atoms with Gasteiger partial charge in [0.05, 0.1) is 24.5 Å². The summed E-state index contributed by atoms with van der Waals surface area (Å²) in [5.74, 6) is 2.00. The van der Waals surface area contributed by atoms with Crippen molar-refractivity contribution in [1.29, 1.82) is 0 Å². The lowest BCUT2D eigenvalue weighted by Gasteiger charge is -2.28. The van der Waals surface area contributed by atoms with Crippen molar-refractivity contribution in [2.75, 3.05) is 30.3 Å². The molecule has 5 rings (SSSR count). The van der Waals surface area contributed by atoms with Gasteiger partial charge in [-0.1, -0.05) is 61.2 Å². The number of carbonyl (C=O) groups is 1. The van der Waals surface area contributed by atoms with Gasteiger partial charge in [-0.2, -0.15) is 5.10 Å². The fourth-order valence-electron chi connectivity index (χ4n) is 4.67. The second-order valence-corrected chi connectivity index (χ2v) is 10.1. The van der Waals surface area contributed by atoms with E-state index in [0.29, 0.717) is 19.5 Å². The van der Waals surface area contributed by atoms with Gasteiger partial charge in [0, 0.05) is 25.4 Å². The third-order valence-corrected chi connectivity index (χ3v) is 7.48. The molecular weight excluding hydrogens is 456 g/mol. The maximum absolute atomic E-state index is 12.7. The molecule has 1 aliphatic heterocycles. The van der Waals surface area contributed by atoms with Crippen LogP contribution in [0.25, 0.3) is 21.8 Å². The van der Waals surface area contributed by atoms with E-state index in [0.717, 1.165) is 63.6 Å². The van der Waals surface area contributed by atoms with Crippen LogP contribution in [0.2, 0.25) is 0 Å². The molecule has 0 radical (unpaired) electrons. The van der Waals surface area contributed by atoms with Gasteiger partial charge in [0.1, 0.15) is 5.82 Å². The minimum atomic E-state index is 0.0145. The Morgan fingerprint density at radius 2 is 1.86 bits per heavy atom. The number of aromatic nitrogens is 4. The van der Waals surface area contributed by atoms with E-state index in [1.54, 1.807) is 11.8 Å². The first kappa shape index (κ1) is 23.6. The number of benzene rings is 2. The smallest absolute Gasteiger partial charge is 0.224 e. The zero-order valence-corrected chi connectivity index (χ0v) is 21.1. The molecule has 1 aliphatic rings. The first-order valence-electron chi connectivity index (χ1n) is 12.6. The Morgan fingerprint density at radius 3 is 2.71 bits per heavy atom. The van der Waals surface area contributed by atoms with E-state index in [1.807, 2.05) is 35.1 Å². The first-order chi connectivity index (χ1) is 17.2. The molecule has 182 valence electrons. The Balaban J connectivity index is 1.29. The second kappa shape index (κ2) is 11.1. The third kappa shape index (κ3) is 5.42. The molecule has 0 atom stereocenters. The van der Waals surface area contributed by atoms with Crippen molar-refractivity contribution < 1.29 is 4.79 Å². The van der Waals surface area contributed by atoms with Gasteiger partial charge in [-0.15, -0.1) is 0 Å². The average Bonchev–Trinajstić information content (AvgIpc) is 3.30. The molecule has 0 saturated carbocycles. The van der Waals surface area contributed by atoms with Crippen LogP contribution in [0.5, 0.6) is 0 Å². The molecular formula is C27H32N6OS. The van der Waals surface area contributed by atoms with Gasteiger partial charge in [-0.25, -0.2) is 14.6 Å². The standard InChI is InChI=1S/C27H32N6OS/c1-2-17-35-27-30-25(32-14-6-3-7-15-32)23-19-29-33(26(23)31-27)16-13-28-24(34)18-21-11-8-10-20-9-4-5-12-22(20)21/h4-5,8-12,19H,2-3,6-7,13-18H2,1H3,(H,28,34). The van der Waals surface area contributed by atoms with Crippen LogP contribution < -0.4 is 10.2 Å². The van der Waals surface area contributed by atoms with Crippen molar-refractivity contribution in [2.24, 2.45) is 0 Å². The molecule has 1 amide bonds. The molecule has 0 bridgehead atoms. The van der Waals surface area contributed by atoms with Gasteiger partial charge >= 0.3 is 0 Å². The third-order valence-electron chi connectivity index (χ3n) is 6.42. The van der Waals surface area contributed by atoms with E-state index in [1.165, 1.54) is 19.3 Å². The van der Waals surface area contributed by atoms with Crippen LogP contribution in [0, 0.1) is 0 Å². The molecule has 1 fully saturated rings. The number of anilines is 1. The van der Waals surface area contributed by atoms with E-state index in [9.17, 15) is 4.79 Å². The van der Waals surface area contributed by atoms with Crippen LogP contribution in [0.3, 0.4) is 0 Å². The van der Waals surface area contributed by atoms with Crippen LogP contribution in [0.1, 0.15) is 38.2 Å². The first-order valence-corrected chi connectivity index (χ1v) is 13.6. The van der Waals surface area contributed by atoms with Gasteiger partial charge in [0.2, 0.25) is 5.91 Å². The number of amides is 1. The molecule has 0 spiro atoms. The second-order valence-electron chi connectivity index (χ2n) is 9.00. The normalized spacial score (nSPS) is 14.0. The summed E-state index contributed by atoms with van der Waals surface area (Å²) < 4.78 is 1.90. The van der Waals surface area contributed by atoms with Crippen molar-refractivity contribution in [3.8, 4) is 0 Å². The van der Waals surface area contributed by atoms with Gasteiger partial charge in [0.25, 0.3) is 0 Å². The SMILES string of the molecule is CCCSc1nc(N2CCCCC2)c2cnn(CCNC(=O)Cc3cccc4ccccc34)c2n1. The largest absolute Gasteiger partial charge is 0.356 e. The highest BCUT2D eigenvalue weighted by Crippen LogP contribution is 2.29. The Kier molecular flexibility index (Phi) is 7.47. The lowest BCUT2D eigenvalue weighted by Crippen LogP contribution is -2.30. The van der Waals surface area contributed by atoms with Crippen molar-refractivity contribution >= 4 is 45.3 Å². The molecule has 2 aromatic heterocycles. The number of nitrogens with zero attached hydrogens (tertiary/aromatic N) is 5. The average molecular weight is 489 g/mol. The van der Waals surface area contributed by atoms with E-state index >= 15 is 0 Å². The lowest BCUT2D eigenvalue weighted by atomic mass is 10.0. The van der Waals surface area contributed by atoms with E-state index < -0.39 is 0 Å². The fourth-order valence-corrected chi connectivity index (χ4v) is 5.36. The molecule has 7 nitrogen and oxygen atoms in total. The summed E-state index contributed by atoms with van der Waals surface area (Å²) in [5.41, 5.74) is 1.89. The summed E-state index contributed by atoms with van der Waals surface area (Å²) in [6.07, 6.45) is 6.98. The monoisotopic (exact) mass is 488 g/mol. The highest BCUT2D eigenvalue weighted by molar-refractivity contribution is 7.99. The Labute approximate surface area is 210 Å². The van der Waals surface area contributed by atoms with Crippen molar-refractivity contribution in [1.82, 2.24) is 25.1 Å². The molecule has 35 heavy (non-hydrogen) atoms. The number of thioether (sulfide) groups is 1. The zero-order valence-electron chi connectivity index (χ0n) is 20.2.